The molecule has 80 valence electrons. The van der Waals surface area contributed by atoms with Gasteiger partial charge in [-0.25, -0.2) is 9.59 Å². The maximum atomic E-state index is 11.5. The average molecular weight is 210 g/mol. The standard InChI is InChI=1S/C9H10N2O4/c1-10-5-6(3-4-7(12)13)8(14)11(2)9(10)15/h3-5H,1-2H3,(H,12,13)/b4-3+. The lowest BCUT2D eigenvalue weighted by molar-refractivity contribution is -0.131. The maximum absolute atomic E-state index is 11.5. The summed E-state index contributed by atoms with van der Waals surface area (Å²) < 4.78 is 2.13. The SMILES string of the molecule is Cn1cc(/C=C/C(=O)O)c(=O)n(C)c1=O. The molecule has 0 bridgehead atoms. The largest absolute Gasteiger partial charge is 0.478 e. The van der Waals surface area contributed by atoms with Crippen LogP contribution in [0.5, 0.6) is 0 Å². The van der Waals surface area contributed by atoms with Crippen LogP contribution >= 0.6 is 0 Å². The highest BCUT2D eigenvalue weighted by atomic mass is 16.4. The predicted molar refractivity (Wildman–Crippen MR) is 53.6 cm³/mol. The van der Waals surface area contributed by atoms with Gasteiger partial charge in [0.2, 0.25) is 0 Å². The lowest BCUT2D eigenvalue weighted by atomic mass is 10.3. The molecule has 0 aliphatic rings. The highest BCUT2D eigenvalue weighted by Gasteiger charge is 2.03. The zero-order valence-electron chi connectivity index (χ0n) is 8.30. The zero-order chi connectivity index (χ0) is 11.6. The highest BCUT2D eigenvalue weighted by molar-refractivity contribution is 5.85. The van der Waals surface area contributed by atoms with Crippen molar-refractivity contribution >= 4 is 12.0 Å². The Balaban J connectivity index is 3.40. The van der Waals surface area contributed by atoms with Gasteiger partial charge in [0, 0.05) is 26.4 Å². The molecule has 0 unspecified atom stereocenters. The van der Waals surface area contributed by atoms with Gasteiger partial charge in [0.15, 0.2) is 0 Å². The summed E-state index contributed by atoms with van der Waals surface area (Å²) in [6.07, 6.45) is 3.30. The van der Waals surface area contributed by atoms with Crippen LogP contribution in [0.4, 0.5) is 0 Å². The number of nitrogens with zero attached hydrogens (tertiary/aromatic N) is 2. The van der Waals surface area contributed by atoms with E-state index in [1.165, 1.54) is 24.9 Å². The number of rotatable bonds is 2. The second kappa shape index (κ2) is 3.95. The summed E-state index contributed by atoms with van der Waals surface area (Å²) in [5.74, 6) is -1.15. The van der Waals surface area contributed by atoms with Crippen molar-refractivity contribution in [2.75, 3.05) is 0 Å². The van der Waals surface area contributed by atoms with Gasteiger partial charge < -0.3 is 9.67 Å². The van der Waals surface area contributed by atoms with E-state index in [2.05, 4.69) is 0 Å². The number of carboxylic acid groups (broad SMARTS) is 1. The molecule has 0 spiro atoms. The van der Waals surface area contributed by atoms with Gasteiger partial charge in [-0.05, 0) is 6.08 Å². The van der Waals surface area contributed by atoms with E-state index in [0.29, 0.717) is 0 Å². The minimum atomic E-state index is -1.15. The minimum absolute atomic E-state index is 0.155. The second-order valence-corrected chi connectivity index (χ2v) is 3.01. The van der Waals surface area contributed by atoms with Crippen molar-refractivity contribution in [3.8, 4) is 0 Å². The molecular formula is C9H10N2O4. The second-order valence-electron chi connectivity index (χ2n) is 3.01. The molecule has 0 amide bonds. The van der Waals surface area contributed by atoms with Crippen LogP contribution in [0.3, 0.4) is 0 Å². The molecule has 0 aliphatic carbocycles. The maximum Gasteiger partial charge on any atom is 0.330 e. The van der Waals surface area contributed by atoms with Crippen molar-refractivity contribution < 1.29 is 9.90 Å². The van der Waals surface area contributed by atoms with Crippen molar-refractivity contribution in [2.24, 2.45) is 14.1 Å². The molecule has 0 radical (unpaired) electrons. The number of hydrogen-bond acceptors (Lipinski definition) is 3. The van der Waals surface area contributed by atoms with E-state index in [4.69, 9.17) is 5.11 Å². The minimum Gasteiger partial charge on any atom is -0.478 e. The number of aromatic nitrogens is 2. The smallest absolute Gasteiger partial charge is 0.330 e. The molecule has 0 aromatic carbocycles. The van der Waals surface area contributed by atoms with E-state index in [1.807, 2.05) is 0 Å². The van der Waals surface area contributed by atoms with Gasteiger partial charge in [-0.2, -0.15) is 0 Å². The molecule has 1 heterocycles. The van der Waals surface area contributed by atoms with Crippen molar-refractivity contribution in [3.63, 3.8) is 0 Å². The molecule has 6 heteroatoms. The number of aryl methyl sites for hydroxylation is 1. The Morgan fingerprint density at radius 3 is 2.53 bits per heavy atom. The van der Waals surface area contributed by atoms with Crippen LogP contribution in [0.25, 0.3) is 6.08 Å². The van der Waals surface area contributed by atoms with Gasteiger partial charge >= 0.3 is 11.7 Å². The Kier molecular flexibility index (Phi) is 2.89. The van der Waals surface area contributed by atoms with E-state index in [1.54, 1.807) is 0 Å². The third kappa shape index (κ3) is 2.22. The Bertz CT molecular complexity index is 536. The van der Waals surface area contributed by atoms with E-state index in [0.717, 1.165) is 16.7 Å². The average Bonchev–Trinajstić information content (AvgIpc) is 2.18. The fourth-order valence-corrected chi connectivity index (χ4v) is 1.11. The molecule has 6 nitrogen and oxygen atoms in total. The lowest BCUT2D eigenvalue weighted by Gasteiger charge is -2.02. The Morgan fingerprint density at radius 1 is 1.40 bits per heavy atom. The molecule has 0 saturated heterocycles. The number of carbonyl (C=O) groups is 1. The Hall–Kier alpha value is -2.11. The fraction of sp³-hybridized carbons (Fsp3) is 0.222. The third-order valence-electron chi connectivity index (χ3n) is 1.88. The van der Waals surface area contributed by atoms with Gasteiger partial charge in [0.1, 0.15) is 0 Å². The lowest BCUT2D eigenvalue weighted by Crippen LogP contribution is -2.37. The van der Waals surface area contributed by atoms with E-state index < -0.39 is 17.2 Å². The van der Waals surface area contributed by atoms with Crippen LogP contribution in [0.2, 0.25) is 0 Å². The van der Waals surface area contributed by atoms with E-state index in [-0.39, 0.29) is 5.56 Å². The van der Waals surface area contributed by atoms with Gasteiger partial charge in [0.25, 0.3) is 5.56 Å². The quantitative estimate of drug-likeness (QED) is 0.647. The monoisotopic (exact) mass is 210 g/mol. The van der Waals surface area contributed by atoms with Crippen LogP contribution in [-0.2, 0) is 18.9 Å². The molecule has 0 aliphatic heterocycles. The van der Waals surface area contributed by atoms with Crippen LogP contribution in [0.15, 0.2) is 21.9 Å². The van der Waals surface area contributed by atoms with Crippen LogP contribution in [0, 0.1) is 0 Å². The molecule has 1 aromatic heterocycles. The normalized spacial score (nSPS) is 10.8. The Morgan fingerprint density at radius 2 is 2.00 bits per heavy atom. The molecular weight excluding hydrogens is 200 g/mol. The van der Waals surface area contributed by atoms with Gasteiger partial charge in [-0.3, -0.25) is 9.36 Å². The van der Waals surface area contributed by atoms with Crippen molar-refractivity contribution in [2.45, 2.75) is 0 Å². The number of hydrogen-bond donors (Lipinski definition) is 1. The van der Waals surface area contributed by atoms with Crippen LogP contribution in [0.1, 0.15) is 5.56 Å². The first kappa shape index (κ1) is 11.0. The molecule has 1 N–H and O–H groups in total. The van der Waals surface area contributed by atoms with Crippen molar-refractivity contribution in [3.05, 3.63) is 38.7 Å². The fourth-order valence-electron chi connectivity index (χ4n) is 1.11. The zero-order valence-corrected chi connectivity index (χ0v) is 8.30. The molecule has 15 heavy (non-hydrogen) atoms. The topological polar surface area (TPSA) is 81.3 Å². The van der Waals surface area contributed by atoms with E-state index >= 15 is 0 Å². The van der Waals surface area contributed by atoms with Gasteiger partial charge in [-0.1, -0.05) is 0 Å². The first-order valence-electron chi connectivity index (χ1n) is 4.11. The summed E-state index contributed by atoms with van der Waals surface area (Å²) >= 11 is 0. The molecule has 0 fully saturated rings. The first-order chi connectivity index (χ1) is 6.93. The van der Waals surface area contributed by atoms with Gasteiger partial charge in [-0.15, -0.1) is 0 Å². The summed E-state index contributed by atoms with van der Waals surface area (Å²) in [4.78, 5) is 33.0. The predicted octanol–water partition coefficient (Wildman–Crippen LogP) is -0.818. The number of aliphatic carboxylic acids is 1. The molecule has 0 saturated carbocycles. The molecule has 0 atom stereocenters. The summed E-state index contributed by atoms with van der Waals surface area (Å²) in [6.45, 7) is 0. The molecule has 1 aromatic rings. The van der Waals surface area contributed by atoms with E-state index in [9.17, 15) is 14.4 Å². The van der Waals surface area contributed by atoms with Gasteiger partial charge in [0.05, 0.1) is 5.56 Å². The number of carboxylic acids is 1. The summed E-state index contributed by atoms with van der Waals surface area (Å²) in [5, 5.41) is 8.39. The highest BCUT2D eigenvalue weighted by Crippen LogP contribution is 1.91. The first-order valence-corrected chi connectivity index (χ1v) is 4.11. The third-order valence-corrected chi connectivity index (χ3v) is 1.88. The summed E-state index contributed by atoms with van der Waals surface area (Å²) in [7, 11) is 2.82. The Labute approximate surface area is 84.7 Å². The summed E-state index contributed by atoms with van der Waals surface area (Å²) in [5.41, 5.74) is -0.815. The van der Waals surface area contributed by atoms with Crippen LogP contribution < -0.4 is 11.2 Å². The summed E-state index contributed by atoms with van der Waals surface area (Å²) in [6, 6.07) is 0. The van der Waals surface area contributed by atoms with Crippen molar-refractivity contribution in [1.29, 1.82) is 0 Å². The van der Waals surface area contributed by atoms with Crippen molar-refractivity contribution in [1.82, 2.24) is 9.13 Å². The molecule has 1 rings (SSSR count). The van der Waals surface area contributed by atoms with Crippen LogP contribution in [-0.4, -0.2) is 20.2 Å².